The van der Waals surface area contributed by atoms with E-state index >= 15 is 0 Å². The van der Waals surface area contributed by atoms with Crippen LogP contribution < -0.4 is 4.80 Å². The lowest BCUT2D eigenvalue weighted by Crippen LogP contribution is -2.23. The Labute approximate surface area is 184 Å². The largest absolute Gasteiger partial charge is 0.465 e. The quantitative estimate of drug-likeness (QED) is 0.311. The van der Waals surface area contributed by atoms with E-state index in [1.165, 1.54) is 16.7 Å². The minimum absolute atomic E-state index is 0.164. The molecule has 156 valence electrons. The van der Waals surface area contributed by atoms with Crippen molar-refractivity contribution >= 4 is 62.3 Å². The predicted octanol–water partition coefficient (Wildman–Crippen LogP) is 4.53. The average molecular weight is 468 g/mol. The number of carbonyl (C=O) groups is 2. The Bertz CT molecular complexity index is 1250. The first-order valence-corrected chi connectivity index (χ1v) is 10.3. The third-order valence-corrected chi connectivity index (χ3v) is 5.89. The van der Waals surface area contributed by atoms with Gasteiger partial charge in [-0.1, -0.05) is 34.5 Å². The lowest BCUT2D eigenvalue weighted by molar-refractivity contribution is -0.385. The lowest BCUT2D eigenvalue weighted by Gasteiger charge is -2.08. The summed E-state index contributed by atoms with van der Waals surface area (Å²) >= 11 is 13.3. The van der Waals surface area contributed by atoms with Gasteiger partial charge in [0, 0.05) is 16.1 Å². The minimum Gasteiger partial charge on any atom is -0.465 e. The molecule has 8 nitrogen and oxygen atoms in total. The van der Waals surface area contributed by atoms with E-state index in [9.17, 15) is 19.7 Å². The summed E-state index contributed by atoms with van der Waals surface area (Å²) in [5.74, 6) is -1.36. The minimum atomic E-state index is -0.850. The highest BCUT2D eigenvalue weighted by Gasteiger charge is 2.21. The monoisotopic (exact) mass is 467 g/mol. The van der Waals surface area contributed by atoms with Crippen LogP contribution in [0.1, 0.15) is 22.8 Å². The second-order valence-electron chi connectivity index (χ2n) is 6.13. The molecule has 1 aromatic heterocycles. The van der Waals surface area contributed by atoms with E-state index in [2.05, 4.69) is 4.99 Å². The number of nitro benzene ring substituents is 1. The Morgan fingerprint density at radius 1 is 1.27 bits per heavy atom. The number of hydrogen-bond donors (Lipinski definition) is 0. The standard InChI is InChI=1S/C19H15Cl2N3O5S/c1-3-29-16(25)9-23-17-10(2)13(21)5-7-15(17)30-19(23)22-18(26)12-8-11(20)4-6-14(12)24(27)28/h4-8H,3,9H2,1-2H3. The number of aromatic nitrogens is 1. The number of nitrogens with zero attached hydrogens (tertiary/aromatic N) is 3. The van der Waals surface area contributed by atoms with Crippen LogP contribution >= 0.6 is 34.5 Å². The Morgan fingerprint density at radius 2 is 2.00 bits per heavy atom. The number of fused-ring (bicyclic) bond motifs is 1. The van der Waals surface area contributed by atoms with Crippen LogP contribution in [0.15, 0.2) is 35.3 Å². The van der Waals surface area contributed by atoms with Crippen LogP contribution in [0.3, 0.4) is 0 Å². The van der Waals surface area contributed by atoms with Crippen molar-refractivity contribution in [3.8, 4) is 0 Å². The molecule has 2 aromatic carbocycles. The maximum Gasteiger partial charge on any atom is 0.326 e. The normalized spacial score (nSPS) is 11.7. The molecule has 0 spiro atoms. The van der Waals surface area contributed by atoms with Gasteiger partial charge in [0.2, 0.25) is 0 Å². The van der Waals surface area contributed by atoms with Gasteiger partial charge in [0.1, 0.15) is 12.1 Å². The fraction of sp³-hybridized carbons (Fsp3) is 0.211. The predicted molar refractivity (Wildman–Crippen MR) is 114 cm³/mol. The molecule has 0 aliphatic rings. The second kappa shape index (κ2) is 8.95. The van der Waals surface area contributed by atoms with Crippen LogP contribution in [-0.2, 0) is 16.1 Å². The second-order valence-corrected chi connectivity index (χ2v) is 7.98. The number of aryl methyl sites for hydroxylation is 1. The van der Waals surface area contributed by atoms with Gasteiger partial charge in [-0.3, -0.25) is 19.7 Å². The van der Waals surface area contributed by atoms with Crippen molar-refractivity contribution in [1.29, 1.82) is 0 Å². The molecule has 0 aliphatic carbocycles. The number of ether oxygens (including phenoxy) is 1. The van der Waals surface area contributed by atoms with Gasteiger partial charge in [-0.25, -0.2) is 0 Å². The van der Waals surface area contributed by atoms with Crippen molar-refractivity contribution < 1.29 is 19.2 Å². The first-order chi connectivity index (χ1) is 14.2. The van der Waals surface area contributed by atoms with Gasteiger partial charge in [0.05, 0.1) is 21.7 Å². The summed E-state index contributed by atoms with van der Waals surface area (Å²) in [7, 11) is 0. The maximum absolute atomic E-state index is 12.8. The van der Waals surface area contributed by atoms with E-state index in [1.54, 1.807) is 26.0 Å². The van der Waals surface area contributed by atoms with Crippen molar-refractivity contribution in [3.63, 3.8) is 0 Å². The summed E-state index contributed by atoms with van der Waals surface area (Å²) in [5, 5.41) is 11.9. The van der Waals surface area contributed by atoms with Crippen molar-refractivity contribution in [1.82, 2.24) is 4.57 Å². The van der Waals surface area contributed by atoms with Crippen molar-refractivity contribution in [2.24, 2.45) is 4.99 Å². The summed E-state index contributed by atoms with van der Waals surface area (Å²) in [6.07, 6.45) is 0. The van der Waals surface area contributed by atoms with Gasteiger partial charge in [-0.05, 0) is 43.7 Å². The van der Waals surface area contributed by atoms with E-state index in [0.717, 1.165) is 22.1 Å². The van der Waals surface area contributed by atoms with Gasteiger partial charge < -0.3 is 9.30 Å². The third kappa shape index (κ3) is 4.38. The molecule has 0 radical (unpaired) electrons. The van der Waals surface area contributed by atoms with Gasteiger partial charge in [0.15, 0.2) is 4.80 Å². The molecular formula is C19H15Cl2N3O5S. The van der Waals surface area contributed by atoms with E-state index in [4.69, 9.17) is 27.9 Å². The van der Waals surface area contributed by atoms with Crippen LogP contribution in [0.4, 0.5) is 5.69 Å². The van der Waals surface area contributed by atoms with Gasteiger partial charge in [0.25, 0.3) is 11.6 Å². The van der Waals surface area contributed by atoms with E-state index in [1.807, 2.05) is 0 Å². The molecule has 0 saturated carbocycles. The highest BCUT2D eigenvalue weighted by molar-refractivity contribution is 7.16. The molecular weight excluding hydrogens is 453 g/mol. The average Bonchev–Trinajstić information content (AvgIpc) is 3.02. The molecule has 0 bridgehead atoms. The Balaban J connectivity index is 2.23. The van der Waals surface area contributed by atoms with E-state index in [-0.39, 0.29) is 28.5 Å². The zero-order chi connectivity index (χ0) is 22.0. The highest BCUT2D eigenvalue weighted by atomic mass is 35.5. The molecule has 3 rings (SSSR count). The molecule has 30 heavy (non-hydrogen) atoms. The summed E-state index contributed by atoms with van der Waals surface area (Å²) in [6.45, 7) is 3.47. The molecule has 11 heteroatoms. The summed E-state index contributed by atoms with van der Waals surface area (Å²) in [5.41, 5.74) is 0.679. The smallest absolute Gasteiger partial charge is 0.326 e. The number of thiazole rings is 1. The van der Waals surface area contributed by atoms with Gasteiger partial charge in [-0.2, -0.15) is 4.99 Å². The molecule has 0 N–H and O–H groups in total. The number of nitro groups is 1. The summed E-state index contributed by atoms with van der Waals surface area (Å²) in [4.78, 5) is 39.8. The Morgan fingerprint density at radius 3 is 2.67 bits per heavy atom. The number of rotatable bonds is 5. The lowest BCUT2D eigenvalue weighted by atomic mass is 10.1. The number of carbonyl (C=O) groups excluding carboxylic acids is 2. The first-order valence-electron chi connectivity index (χ1n) is 8.70. The molecule has 0 unspecified atom stereocenters. The maximum atomic E-state index is 12.8. The fourth-order valence-electron chi connectivity index (χ4n) is 2.87. The number of halogens is 2. The van der Waals surface area contributed by atoms with Crippen LogP contribution in [0, 0.1) is 17.0 Å². The van der Waals surface area contributed by atoms with Crippen LogP contribution in [-0.4, -0.2) is 28.0 Å². The van der Waals surface area contributed by atoms with E-state index < -0.39 is 22.5 Å². The van der Waals surface area contributed by atoms with Gasteiger partial charge in [-0.15, -0.1) is 0 Å². The number of esters is 1. The summed E-state index contributed by atoms with van der Waals surface area (Å²) in [6, 6.07) is 7.12. The highest BCUT2D eigenvalue weighted by Crippen LogP contribution is 2.28. The fourth-order valence-corrected chi connectivity index (χ4v) is 4.28. The van der Waals surface area contributed by atoms with Gasteiger partial charge >= 0.3 is 5.97 Å². The molecule has 1 amide bonds. The molecule has 3 aromatic rings. The topological polar surface area (TPSA) is 104 Å². The molecule has 0 aliphatic heterocycles. The number of amides is 1. The van der Waals surface area contributed by atoms with Crippen LogP contribution in [0.25, 0.3) is 10.2 Å². The Hall–Kier alpha value is -2.75. The number of hydrogen-bond acceptors (Lipinski definition) is 6. The van der Waals surface area contributed by atoms with Crippen LogP contribution in [0.5, 0.6) is 0 Å². The molecule has 0 atom stereocenters. The molecule has 0 saturated heterocycles. The summed E-state index contributed by atoms with van der Waals surface area (Å²) < 4.78 is 7.29. The van der Waals surface area contributed by atoms with Crippen molar-refractivity contribution in [3.05, 3.63) is 66.4 Å². The Kier molecular flexibility index (Phi) is 6.55. The van der Waals surface area contributed by atoms with Crippen molar-refractivity contribution in [2.75, 3.05) is 6.61 Å². The zero-order valence-corrected chi connectivity index (χ0v) is 18.2. The third-order valence-electron chi connectivity index (χ3n) is 4.21. The molecule has 0 fully saturated rings. The van der Waals surface area contributed by atoms with Crippen molar-refractivity contribution in [2.45, 2.75) is 20.4 Å². The number of benzene rings is 2. The zero-order valence-electron chi connectivity index (χ0n) is 15.8. The molecule has 1 heterocycles. The first kappa shape index (κ1) is 21.9. The van der Waals surface area contributed by atoms with Crippen LogP contribution in [0.2, 0.25) is 10.0 Å². The SMILES string of the molecule is CCOC(=O)Cn1c(=NC(=O)c2cc(Cl)ccc2[N+](=O)[O-])sc2ccc(Cl)c(C)c21. The van der Waals surface area contributed by atoms with E-state index in [0.29, 0.717) is 16.1 Å².